The molecule has 0 radical (unpaired) electrons. The quantitative estimate of drug-likeness (QED) is 0.726. The molecule has 6 nitrogen and oxygen atoms in total. The molecule has 1 amide bonds. The lowest BCUT2D eigenvalue weighted by Gasteiger charge is -2.11. The van der Waals surface area contributed by atoms with Crippen LogP contribution in [-0.2, 0) is 13.1 Å². The average Bonchev–Trinajstić information content (AvgIpc) is 3.43. The summed E-state index contributed by atoms with van der Waals surface area (Å²) in [5.74, 6) is 0.323. The molecule has 4 rings (SSSR count). The third-order valence-electron chi connectivity index (χ3n) is 4.85. The number of hydrogen-bond donors (Lipinski definition) is 1. The van der Waals surface area contributed by atoms with Gasteiger partial charge >= 0.3 is 0 Å². The first kappa shape index (κ1) is 17.7. The van der Waals surface area contributed by atoms with Crippen molar-refractivity contribution in [3.8, 4) is 0 Å². The summed E-state index contributed by atoms with van der Waals surface area (Å²) < 4.78 is 5.32. The Kier molecular flexibility index (Phi) is 4.66. The Morgan fingerprint density at radius 1 is 1.22 bits per heavy atom. The maximum atomic E-state index is 12.9. The molecule has 1 aliphatic carbocycles. The van der Waals surface area contributed by atoms with E-state index in [4.69, 9.17) is 4.52 Å². The molecular weight excluding hydrogens is 340 g/mol. The van der Waals surface area contributed by atoms with Crippen LogP contribution < -0.4 is 5.32 Å². The molecule has 1 saturated carbocycles. The number of fused-ring (bicyclic) bond motifs is 1. The van der Waals surface area contributed by atoms with E-state index < -0.39 is 0 Å². The molecule has 1 fully saturated rings. The molecule has 1 aromatic carbocycles. The first-order valence-corrected chi connectivity index (χ1v) is 9.29. The van der Waals surface area contributed by atoms with Crippen LogP contribution in [0.3, 0.4) is 0 Å². The Bertz CT molecular complexity index is 972. The first-order chi connectivity index (χ1) is 13.0. The highest BCUT2D eigenvalue weighted by Crippen LogP contribution is 2.40. The topological polar surface area (TPSA) is 71.3 Å². The predicted molar refractivity (Wildman–Crippen MR) is 104 cm³/mol. The van der Waals surface area contributed by atoms with Gasteiger partial charge in [-0.1, -0.05) is 29.4 Å². The van der Waals surface area contributed by atoms with Crippen molar-refractivity contribution in [2.24, 2.45) is 0 Å². The van der Waals surface area contributed by atoms with Crippen LogP contribution >= 0.6 is 0 Å². The molecule has 1 aliphatic rings. The number of carbonyl (C=O) groups is 1. The van der Waals surface area contributed by atoms with Crippen molar-refractivity contribution < 1.29 is 9.32 Å². The van der Waals surface area contributed by atoms with Gasteiger partial charge in [-0.05, 0) is 51.1 Å². The fraction of sp³-hybridized carbons (Fsp3) is 0.381. The van der Waals surface area contributed by atoms with Crippen molar-refractivity contribution in [3.63, 3.8) is 0 Å². The van der Waals surface area contributed by atoms with E-state index in [0.29, 0.717) is 34.8 Å². The normalized spacial score (nSPS) is 14.1. The van der Waals surface area contributed by atoms with Gasteiger partial charge in [-0.25, -0.2) is 4.98 Å². The second kappa shape index (κ2) is 7.12. The molecule has 0 saturated heterocycles. The number of rotatable bonds is 6. The van der Waals surface area contributed by atoms with Gasteiger partial charge in [0.15, 0.2) is 0 Å². The first-order valence-electron chi connectivity index (χ1n) is 9.29. The highest BCUT2D eigenvalue weighted by atomic mass is 16.5. The number of benzene rings is 1. The highest BCUT2D eigenvalue weighted by molar-refractivity contribution is 6.06. The lowest BCUT2D eigenvalue weighted by Crippen LogP contribution is -2.23. The largest absolute Gasteiger partial charge is 0.348 e. The van der Waals surface area contributed by atoms with Crippen LogP contribution in [0.25, 0.3) is 11.1 Å². The molecule has 0 atom stereocenters. The van der Waals surface area contributed by atoms with Gasteiger partial charge in [0.1, 0.15) is 0 Å². The van der Waals surface area contributed by atoms with Gasteiger partial charge in [-0.2, -0.15) is 0 Å². The number of amides is 1. The van der Waals surface area contributed by atoms with Crippen LogP contribution in [0.15, 0.2) is 34.9 Å². The average molecular weight is 364 g/mol. The Morgan fingerprint density at radius 2 is 1.93 bits per heavy atom. The number of nitrogens with zero attached hydrogens (tertiary/aromatic N) is 3. The minimum absolute atomic E-state index is 0.118. The zero-order valence-corrected chi connectivity index (χ0v) is 16.0. The molecule has 0 bridgehead atoms. The summed E-state index contributed by atoms with van der Waals surface area (Å²) in [6, 6.07) is 10.2. The summed E-state index contributed by atoms with van der Waals surface area (Å²) >= 11 is 0. The molecular formula is C21H24N4O2. The predicted octanol–water partition coefficient (Wildman–Crippen LogP) is 3.40. The zero-order chi connectivity index (χ0) is 19.0. The Balaban J connectivity index is 1.52. The standard InChI is InChI=1S/C21H24N4O2/c1-13-19-17(10-18(16-8-9-16)23-21(19)27-24-13)20(26)22-11-14-4-6-15(7-5-14)12-25(2)3/h4-7,10,16H,8-9,11-12H2,1-3H3,(H,22,26). The van der Waals surface area contributed by atoms with Crippen molar-refractivity contribution >= 4 is 17.0 Å². The van der Waals surface area contributed by atoms with E-state index >= 15 is 0 Å². The van der Waals surface area contributed by atoms with Crippen LogP contribution in [-0.4, -0.2) is 35.0 Å². The van der Waals surface area contributed by atoms with Crippen LogP contribution in [0.2, 0.25) is 0 Å². The SMILES string of the molecule is Cc1noc2nc(C3CC3)cc(C(=O)NCc3ccc(CN(C)C)cc3)c12. The van der Waals surface area contributed by atoms with Gasteiger partial charge < -0.3 is 14.7 Å². The maximum absolute atomic E-state index is 12.9. The van der Waals surface area contributed by atoms with Gasteiger partial charge in [-0.15, -0.1) is 0 Å². The third kappa shape index (κ3) is 3.85. The number of carbonyl (C=O) groups excluding carboxylic acids is 1. The van der Waals surface area contributed by atoms with Crippen molar-refractivity contribution in [2.75, 3.05) is 14.1 Å². The molecule has 2 aromatic heterocycles. The van der Waals surface area contributed by atoms with Gasteiger partial charge in [0.2, 0.25) is 0 Å². The monoisotopic (exact) mass is 364 g/mol. The summed E-state index contributed by atoms with van der Waals surface area (Å²) in [4.78, 5) is 19.5. The second-order valence-electron chi connectivity index (χ2n) is 7.55. The minimum atomic E-state index is -0.118. The van der Waals surface area contributed by atoms with Crippen molar-refractivity contribution in [1.82, 2.24) is 20.4 Å². The lowest BCUT2D eigenvalue weighted by atomic mass is 10.1. The van der Waals surface area contributed by atoms with E-state index in [0.717, 1.165) is 30.6 Å². The smallest absolute Gasteiger partial charge is 0.259 e. The van der Waals surface area contributed by atoms with Gasteiger partial charge in [0.25, 0.3) is 11.6 Å². The van der Waals surface area contributed by atoms with Crippen molar-refractivity contribution in [1.29, 1.82) is 0 Å². The maximum Gasteiger partial charge on any atom is 0.259 e. The minimum Gasteiger partial charge on any atom is -0.348 e. The third-order valence-corrected chi connectivity index (χ3v) is 4.85. The van der Waals surface area contributed by atoms with E-state index in [1.807, 2.05) is 27.1 Å². The van der Waals surface area contributed by atoms with E-state index in [1.54, 1.807) is 0 Å². The fourth-order valence-corrected chi connectivity index (χ4v) is 3.29. The summed E-state index contributed by atoms with van der Waals surface area (Å²) in [5.41, 5.74) is 5.00. The van der Waals surface area contributed by atoms with Crippen LogP contribution in [0.4, 0.5) is 0 Å². The van der Waals surface area contributed by atoms with E-state index in [9.17, 15) is 4.79 Å². The summed E-state index contributed by atoms with van der Waals surface area (Å²) in [6.45, 7) is 3.22. The Labute approximate surface area is 158 Å². The molecule has 3 aromatic rings. The molecule has 0 spiro atoms. The molecule has 6 heteroatoms. The summed E-state index contributed by atoms with van der Waals surface area (Å²) in [6.07, 6.45) is 2.23. The number of aromatic nitrogens is 2. The zero-order valence-electron chi connectivity index (χ0n) is 16.0. The fourth-order valence-electron chi connectivity index (χ4n) is 3.29. The van der Waals surface area contributed by atoms with Gasteiger partial charge in [0, 0.05) is 24.7 Å². The van der Waals surface area contributed by atoms with E-state index in [2.05, 4.69) is 44.6 Å². The molecule has 2 heterocycles. The number of hydrogen-bond acceptors (Lipinski definition) is 5. The Morgan fingerprint density at radius 3 is 2.59 bits per heavy atom. The van der Waals surface area contributed by atoms with Crippen LogP contribution in [0, 0.1) is 6.92 Å². The molecule has 0 aliphatic heterocycles. The van der Waals surface area contributed by atoms with Crippen LogP contribution in [0.1, 0.15) is 51.6 Å². The van der Waals surface area contributed by atoms with E-state index in [-0.39, 0.29) is 5.91 Å². The highest BCUT2D eigenvalue weighted by Gasteiger charge is 2.28. The van der Waals surface area contributed by atoms with Crippen molar-refractivity contribution in [3.05, 3.63) is 58.4 Å². The molecule has 0 unspecified atom stereocenters. The number of nitrogens with one attached hydrogen (secondary N) is 1. The summed E-state index contributed by atoms with van der Waals surface area (Å²) in [5, 5.41) is 7.72. The lowest BCUT2D eigenvalue weighted by molar-refractivity contribution is 0.0952. The molecule has 1 N–H and O–H groups in total. The number of pyridine rings is 1. The Hall–Kier alpha value is -2.73. The number of aryl methyl sites for hydroxylation is 1. The molecule has 27 heavy (non-hydrogen) atoms. The van der Waals surface area contributed by atoms with E-state index in [1.165, 1.54) is 5.56 Å². The van der Waals surface area contributed by atoms with Gasteiger partial charge in [-0.3, -0.25) is 4.79 Å². The second-order valence-corrected chi connectivity index (χ2v) is 7.55. The van der Waals surface area contributed by atoms with Crippen molar-refractivity contribution in [2.45, 2.75) is 38.8 Å². The van der Waals surface area contributed by atoms with Gasteiger partial charge in [0.05, 0.1) is 16.6 Å². The summed E-state index contributed by atoms with van der Waals surface area (Å²) in [7, 11) is 4.10. The van der Waals surface area contributed by atoms with Crippen LogP contribution in [0.5, 0.6) is 0 Å². The molecule has 140 valence electrons.